The second-order valence-electron chi connectivity index (χ2n) is 10.2. The Balaban J connectivity index is 0.000000996. The quantitative estimate of drug-likeness (QED) is 0.211. The van der Waals surface area contributed by atoms with Gasteiger partial charge in [-0.25, -0.2) is 4.79 Å². The topological polar surface area (TPSA) is 102 Å². The summed E-state index contributed by atoms with van der Waals surface area (Å²) in [5.41, 5.74) is 10.7. The molecule has 3 N–H and O–H groups in total. The Morgan fingerprint density at radius 2 is 1.33 bits per heavy atom. The van der Waals surface area contributed by atoms with E-state index in [1.165, 1.54) is 16.7 Å². The summed E-state index contributed by atoms with van der Waals surface area (Å²) >= 11 is 1.90. The van der Waals surface area contributed by atoms with E-state index in [0.29, 0.717) is 13.1 Å². The first-order chi connectivity index (χ1) is 20.9. The fourth-order valence-corrected chi connectivity index (χ4v) is 7.20. The van der Waals surface area contributed by atoms with Crippen LogP contribution in [0.4, 0.5) is 4.79 Å². The number of rotatable bonds is 9. The van der Waals surface area contributed by atoms with E-state index in [2.05, 4.69) is 91.0 Å². The lowest BCUT2D eigenvalue weighted by atomic mass is 9.84. The molecule has 1 fully saturated rings. The zero-order chi connectivity index (χ0) is 30.7. The lowest BCUT2D eigenvalue weighted by molar-refractivity contribution is -0.134. The van der Waals surface area contributed by atoms with Gasteiger partial charge in [0.05, 0.1) is 11.9 Å². The van der Waals surface area contributed by atoms with E-state index in [4.69, 9.17) is 25.1 Å². The molecule has 7 nitrogen and oxygen atoms in total. The minimum atomic E-state index is -0.833. The number of carbonyl (C=O) groups excluding carboxylic acids is 1. The predicted octanol–water partition coefficient (Wildman–Crippen LogP) is 6.55. The SMILES string of the molecule is CC(=O)O.COc1ccc(COC(=O)N2C[C@@H](SC(c3ccccc3)(c3ccccc3)c3ccccc3)C[C@H]2CN)cc1. The normalized spacial score (nSPS) is 16.1. The van der Waals surface area contributed by atoms with Crippen molar-refractivity contribution in [2.24, 2.45) is 5.73 Å². The van der Waals surface area contributed by atoms with E-state index in [1.807, 2.05) is 40.9 Å². The number of carboxylic acid groups (broad SMARTS) is 1. The Labute approximate surface area is 257 Å². The van der Waals surface area contributed by atoms with Crippen LogP contribution in [-0.2, 0) is 20.9 Å². The fraction of sp³-hybridized carbons (Fsp3) is 0.257. The first-order valence-electron chi connectivity index (χ1n) is 14.2. The molecule has 4 aromatic rings. The molecule has 1 aliphatic rings. The van der Waals surface area contributed by atoms with Gasteiger partial charge in [-0.2, -0.15) is 0 Å². The van der Waals surface area contributed by atoms with E-state index < -0.39 is 10.7 Å². The molecule has 1 amide bonds. The van der Waals surface area contributed by atoms with Crippen LogP contribution in [0.2, 0.25) is 0 Å². The average molecular weight is 599 g/mol. The molecule has 1 saturated heterocycles. The van der Waals surface area contributed by atoms with Gasteiger partial charge in [-0.05, 0) is 40.8 Å². The molecule has 5 rings (SSSR count). The lowest BCUT2D eigenvalue weighted by Crippen LogP contribution is -2.40. The van der Waals surface area contributed by atoms with Crippen molar-refractivity contribution in [3.63, 3.8) is 0 Å². The molecule has 224 valence electrons. The number of likely N-dealkylation sites (tertiary alicyclic amines) is 1. The van der Waals surface area contributed by atoms with Crippen LogP contribution in [-0.4, -0.2) is 53.6 Å². The van der Waals surface area contributed by atoms with Gasteiger partial charge < -0.3 is 25.2 Å². The predicted molar refractivity (Wildman–Crippen MR) is 171 cm³/mol. The minimum Gasteiger partial charge on any atom is -0.497 e. The molecule has 1 heterocycles. The van der Waals surface area contributed by atoms with Crippen LogP contribution in [0.15, 0.2) is 115 Å². The number of ether oxygens (including phenoxy) is 2. The summed E-state index contributed by atoms with van der Waals surface area (Å²) in [5, 5.41) is 7.58. The van der Waals surface area contributed by atoms with Gasteiger partial charge in [0, 0.05) is 31.3 Å². The lowest BCUT2D eigenvalue weighted by Gasteiger charge is -2.37. The van der Waals surface area contributed by atoms with Crippen molar-refractivity contribution in [3.05, 3.63) is 138 Å². The highest BCUT2D eigenvalue weighted by Gasteiger charge is 2.44. The summed E-state index contributed by atoms with van der Waals surface area (Å²) in [7, 11) is 1.63. The fourth-order valence-electron chi connectivity index (χ4n) is 5.33. The molecule has 0 spiro atoms. The third kappa shape index (κ3) is 7.97. The number of hydrogen-bond acceptors (Lipinski definition) is 6. The zero-order valence-corrected chi connectivity index (χ0v) is 25.3. The van der Waals surface area contributed by atoms with Gasteiger partial charge in [-0.3, -0.25) is 4.79 Å². The summed E-state index contributed by atoms with van der Waals surface area (Å²) in [5.74, 6) is -0.0635. The highest BCUT2D eigenvalue weighted by Crippen LogP contribution is 2.52. The summed E-state index contributed by atoms with van der Waals surface area (Å²) in [4.78, 5) is 24.1. The largest absolute Gasteiger partial charge is 0.497 e. The maximum atomic E-state index is 13.2. The minimum absolute atomic E-state index is 0.0779. The van der Waals surface area contributed by atoms with Crippen LogP contribution < -0.4 is 10.5 Å². The van der Waals surface area contributed by atoms with Crippen LogP contribution in [0.25, 0.3) is 0 Å². The van der Waals surface area contributed by atoms with Crippen LogP contribution in [0, 0.1) is 0 Å². The standard InChI is InChI=1S/C33H34N2O3S.C2H4O2/c1-37-30-19-17-25(18-20-30)24-38-32(36)35-23-31(21-29(35)22-34)39-33(26-11-5-2-6-12-26,27-13-7-3-8-14-27)28-15-9-4-10-16-28;1-2(3)4/h2-20,29,31H,21-24,34H2,1H3;1H3,(H,3,4)/t29-,31-;/m0./s1. The highest BCUT2D eigenvalue weighted by atomic mass is 32.2. The number of carbonyl (C=O) groups is 2. The molecule has 0 bridgehead atoms. The van der Waals surface area contributed by atoms with Crippen molar-refractivity contribution in [2.45, 2.75) is 36.0 Å². The first-order valence-corrected chi connectivity index (χ1v) is 15.1. The van der Waals surface area contributed by atoms with Gasteiger partial charge in [-0.15, -0.1) is 11.8 Å². The first kappa shape index (κ1) is 31.7. The Bertz CT molecular complexity index is 1340. The molecule has 1 aliphatic heterocycles. The van der Waals surface area contributed by atoms with Gasteiger partial charge >= 0.3 is 6.09 Å². The Morgan fingerprint density at radius 1 is 0.860 bits per heavy atom. The molecule has 0 unspecified atom stereocenters. The van der Waals surface area contributed by atoms with Crippen LogP contribution in [0.3, 0.4) is 0 Å². The smallest absolute Gasteiger partial charge is 0.410 e. The number of aliphatic carboxylic acids is 1. The Kier molecular flexibility index (Phi) is 11.2. The number of methoxy groups -OCH3 is 1. The van der Waals surface area contributed by atoms with Crippen molar-refractivity contribution >= 4 is 23.8 Å². The van der Waals surface area contributed by atoms with Crippen molar-refractivity contribution in [2.75, 3.05) is 20.2 Å². The van der Waals surface area contributed by atoms with Crippen LogP contribution >= 0.6 is 11.8 Å². The molecule has 43 heavy (non-hydrogen) atoms. The van der Waals surface area contributed by atoms with E-state index in [9.17, 15) is 4.79 Å². The third-order valence-electron chi connectivity index (χ3n) is 7.29. The number of hydrogen-bond donors (Lipinski definition) is 2. The van der Waals surface area contributed by atoms with Crippen molar-refractivity contribution in [1.29, 1.82) is 0 Å². The summed E-state index contributed by atoms with van der Waals surface area (Å²) < 4.78 is 10.5. The second kappa shape index (κ2) is 15.3. The van der Waals surface area contributed by atoms with Gasteiger partial charge in [0.15, 0.2) is 0 Å². The maximum Gasteiger partial charge on any atom is 0.410 e. The van der Waals surface area contributed by atoms with Gasteiger partial charge in [0.1, 0.15) is 12.4 Å². The van der Waals surface area contributed by atoms with E-state index in [1.54, 1.807) is 7.11 Å². The molecule has 0 aromatic heterocycles. The monoisotopic (exact) mass is 598 g/mol. The van der Waals surface area contributed by atoms with E-state index in [0.717, 1.165) is 24.7 Å². The molecule has 4 aromatic carbocycles. The van der Waals surface area contributed by atoms with Crippen molar-refractivity contribution in [1.82, 2.24) is 4.90 Å². The van der Waals surface area contributed by atoms with Crippen LogP contribution in [0.1, 0.15) is 35.6 Å². The summed E-state index contributed by atoms with van der Waals surface area (Å²) in [6.45, 7) is 2.25. The number of carboxylic acids is 1. The highest BCUT2D eigenvalue weighted by molar-refractivity contribution is 8.01. The third-order valence-corrected chi connectivity index (χ3v) is 9.02. The zero-order valence-electron chi connectivity index (χ0n) is 24.5. The van der Waals surface area contributed by atoms with E-state index >= 15 is 0 Å². The van der Waals surface area contributed by atoms with Gasteiger partial charge in [-0.1, -0.05) is 103 Å². The average Bonchev–Trinajstić information content (AvgIpc) is 3.46. The number of thioether (sulfide) groups is 1. The molecule has 8 heteroatoms. The second-order valence-corrected chi connectivity index (χ2v) is 11.7. The molecule has 0 aliphatic carbocycles. The van der Waals surface area contributed by atoms with Gasteiger partial charge in [0.25, 0.3) is 5.97 Å². The molecular weight excluding hydrogens is 560 g/mol. The van der Waals surface area contributed by atoms with E-state index in [-0.39, 0.29) is 24.0 Å². The number of amides is 1. The van der Waals surface area contributed by atoms with Crippen LogP contribution in [0.5, 0.6) is 5.75 Å². The Hall–Kier alpha value is -4.27. The molecule has 2 atom stereocenters. The number of nitrogens with zero attached hydrogens (tertiary/aromatic N) is 1. The summed E-state index contributed by atoms with van der Waals surface area (Å²) in [6, 6.07) is 39.4. The maximum absolute atomic E-state index is 13.2. The van der Waals surface area contributed by atoms with Crippen molar-refractivity contribution in [3.8, 4) is 5.75 Å². The number of nitrogens with two attached hydrogens (primary N) is 1. The number of benzene rings is 4. The summed E-state index contributed by atoms with van der Waals surface area (Å²) in [6.07, 6.45) is 0.474. The van der Waals surface area contributed by atoms with Crippen molar-refractivity contribution < 1.29 is 24.2 Å². The van der Waals surface area contributed by atoms with Gasteiger partial charge in [0.2, 0.25) is 0 Å². The molecule has 0 radical (unpaired) electrons. The Morgan fingerprint density at radius 3 is 1.74 bits per heavy atom. The molecule has 0 saturated carbocycles. The molecular formula is C35H38N2O5S.